The molecule has 0 spiro atoms. The van der Waals surface area contributed by atoms with Crippen molar-refractivity contribution >= 4 is 7.60 Å². The van der Waals surface area contributed by atoms with Gasteiger partial charge in [0.15, 0.2) is 0 Å². The minimum atomic E-state index is -4.17. The van der Waals surface area contributed by atoms with Crippen LogP contribution in [0.1, 0.15) is 20.3 Å². The van der Waals surface area contributed by atoms with Gasteiger partial charge in [-0.3, -0.25) is 4.57 Å². The van der Waals surface area contributed by atoms with E-state index in [9.17, 15) is 17.7 Å². The summed E-state index contributed by atoms with van der Waals surface area (Å²) in [7, 11) is -3.14. The Hall–Kier alpha value is -0.100. The Balaban J connectivity index is 3.80. The van der Waals surface area contributed by atoms with E-state index < -0.39 is 20.2 Å². The van der Waals surface area contributed by atoms with Crippen LogP contribution in [0, 0.1) is 0 Å². The predicted octanol–water partition coefficient (Wildman–Crippen LogP) is 2.79. The van der Waals surface area contributed by atoms with Gasteiger partial charge in [-0.05, 0) is 13.8 Å². The molecule has 0 amide bonds. The fourth-order valence-corrected chi connectivity index (χ4v) is 2.68. The maximum atomic E-state index is 11.9. The molecule has 0 aliphatic heterocycles. The third-order valence-corrected chi connectivity index (χ3v) is 3.87. The Bertz CT molecular complexity index is 238. The number of hydrogen-bond donors (Lipinski definition) is 1. The molecule has 0 aromatic rings. The average molecular weight is 277 g/mol. The first kappa shape index (κ1) is 16.9. The summed E-state index contributed by atoms with van der Waals surface area (Å²) in [6.07, 6.45) is -5.00. The normalized spacial score (nSPS) is 13.0. The number of hydrogen-bond acceptors (Lipinski definition) is 4. The number of nitrogens with one attached hydrogen (secondary N) is 1. The van der Waals surface area contributed by atoms with Crippen molar-refractivity contribution in [3.05, 3.63) is 0 Å². The molecule has 104 valence electrons. The Labute approximate surface area is 99.4 Å². The Morgan fingerprint density at radius 2 is 1.65 bits per heavy atom. The highest BCUT2D eigenvalue weighted by Crippen LogP contribution is 2.47. The molecular weight excluding hydrogens is 258 g/mol. The standard InChI is InChI=1S/C9H19F3NO3P/c1-3-15-17(14,16-4-2)8-7-13-6-5-9(10,11)12/h13H,3-8H2,1-2H3. The molecule has 0 saturated carbocycles. The maximum absolute atomic E-state index is 11.9. The lowest BCUT2D eigenvalue weighted by Gasteiger charge is -2.17. The Morgan fingerprint density at radius 3 is 2.06 bits per heavy atom. The molecule has 1 N–H and O–H groups in total. The van der Waals surface area contributed by atoms with E-state index in [2.05, 4.69) is 5.32 Å². The average Bonchev–Trinajstić information content (AvgIpc) is 2.16. The summed E-state index contributed by atoms with van der Waals surface area (Å²) in [5, 5.41) is 2.56. The van der Waals surface area contributed by atoms with Gasteiger partial charge in [-0.15, -0.1) is 0 Å². The van der Waals surface area contributed by atoms with Crippen molar-refractivity contribution in [2.45, 2.75) is 26.4 Å². The smallest absolute Gasteiger partial charge is 0.316 e. The van der Waals surface area contributed by atoms with E-state index in [1.54, 1.807) is 13.8 Å². The van der Waals surface area contributed by atoms with Crippen LogP contribution in [0.15, 0.2) is 0 Å². The van der Waals surface area contributed by atoms with Crippen molar-refractivity contribution < 1.29 is 26.8 Å². The molecule has 0 saturated heterocycles. The minimum absolute atomic E-state index is 0.0759. The van der Waals surface area contributed by atoms with Gasteiger partial charge in [0.2, 0.25) is 0 Å². The summed E-state index contributed by atoms with van der Waals surface area (Å²) in [6.45, 7) is 3.85. The second-order valence-electron chi connectivity index (χ2n) is 3.29. The lowest BCUT2D eigenvalue weighted by atomic mass is 10.4. The maximum Gasteiger partial charge on any atom is 0.390 e. The zero-order valence-electron chi connectivity index (χ0n) is 10.0. The fourth-order valence-electron chi connectivity index (χ4n) is 1.13. The van der Waals surface area contributed by atoms with E-state index in [0.29, 0.717) is 0 Å². The van der Waals surface area contributed by atoms with Crippen LogP contribution in [0.5, 0.6) is 0 Å². The summed E-state index contributed by atoms with van der Waals surface area (Å²) in [5.41, 5.74) is 0. The topological polar surface area (TPSA) is 47.6 Å². The molecule has 0 fully saturated rings. The quantitative estimate of drug-likeness (QED) is 0.520. The Morgan fingerprint density at radius 1 is 1.12 bits per heavy atom. The van der Waals surface area contributed by atoms with Crippen molar-refractivity contribution in [3.8, 4) is 0 Å². The van der Waals surface area contributed by atoms with Crippen LogP contribution >= 0.6 is 7.60 Å². The monoisotopic (exact) mass is 277 g/mol. The molecule has 17 heavy (non-hydrogen) atoms. The van der Waals surface area contributed by atoms with Gasteiger partial charge in [-0.2, -0.15) is 13.2 Å². The third-order valence-electron chi connectivity index (χ3n) is 1.80. The van der Waals surface area contributed by atoms with Gasteiger partial charge in [-0.1, -0.05) is 0 Å². The van der Waals surface area contributed by atoms with E-state index >= 15 is 0 Å². The molecular formula is C9H19F3NO3P. The molecule has 4 nitrogen and oxygen atoms in total. The molecule has 0 aliphatic carbocycles. The molecule has 0 heterocycles. The lowest BCUT2D eigenvalue weighted by Crippen LogP contribution is -2.24. The molecule has 0 rings (SSSR count). The number of rotatable bonds is 9. The van der Waals surface area contributed by atoms with E-state index in [1.807, 2.05) is 0 Å². The first-order valence-corrected chi connectivity index (χ1v) is 7.21. The van der Waals surface area contributed by atoms with Crippen molar-refractivity contribution in [1.29, 1.82) is 0 Å². The molecule has 8 heteroatoms. The SMILES string of the molecule is CCOP(=O)(CCNCCC(F)(F)F)OCC. The second-order valence-corrected chi connectivity index (χ2v) is 5.47. The zero-order chi connectivity index (χ0) is 13.4. The van der Waals surface area contributed by atoms with Crippen LogP contribution in [0.3, 0.4) is 0 Å². The van der Waals surface area contributed by atoms with E-state index in [1.165, 1.54) is 0 Å². The van der Waals surface area contributed by atoms with Gasteiger partial charge in [0, 0.05) is 13.1 Å². The van der Waals surface area contributed by atoms with Gasteiger partial charge in [-0.25, -0.2) is 0 Å². The highest BCUT2D eigenvalue weighted by atomic mass is 31.2. The molecule has 0 atom stereocenters. The van der Waals surface area contributed by atoms with Crippen molar-refractivity contribution in [1.82, 2.24) is 5.32 Å². The van der Waals surface area contributed by atoms with Crippen LogP contribution in [0.4, 0.5) is 13.2 Å². The van der Waals surface area contributed by atoms with Gasteiger partial charge in [0.25, 0.3) is 0 Å². The van der Waals surface area contributed by atoms with Crippen molar-refractivity contribution in [2.24, 2.45) is 0 Å². The van der Waals surface area contributed by atoms with Crippen LogP contribution in [0.25, 0.3) is 0 Å². The largest absolute Gasteiger partial charge is 0.390 e. The molecule has 0 aromatic heterocycles. The Kier molecular flexibility index (Phi) is 8.03. The van der Waals surface area contributed by atoms with Crippen LogP contribution < -0.4 is 5.32 Å². The van der Waals surface area contributed by atoms with Crippen molar-refractivity contribution in [2.75, 3.05) is 32.5 Å². The third kappa shape index (κ3) is 9.59. The van der Waals surface area contributed by atoms with Crippen LogP contribution in [-0.2, 0) is 13.6 Å². The number of alkyl halides is 3. The highest BCUT2D eigenvalue weighted by Gasteiger charge is 2.26. The predicted molar refractivity (Wildman–Crippen MR) is 59.3 cm³/mol. The van der Waals surface area contributed by atoms with E-state index in [-0.39, 0.29) is 32.5 Å². The second kappa shape index (κ2) is 8.08. The van der Waals surface area contributed by atoms with Gasteiger partial charge in [0.05, 0.1) is 25.8 Å². The first-order valence-electron chi connectivity index (χ1n) is 5.48. The van der Waals surface area contributed by atoms with Crippen molar-refractivity contribution in [3.63, 3.8) is 0 Å². The fraction of sp³-hybridized carbons (Fsp3) is 1.00. The number of halogens is 3. The molecule has 0 radical (unpaired) electrons. The van der Waals surface area contributed by atoms with Gasteiger partial charge < -0.3 is 14.4 Å². The minimum Gasteiger partial charge on any atom is -0.316 e. The highest BCUT2D eigenvalue weighted by molar-refractivity contribution is 7.53. The molecule has 0 aromatic carbocycles. The summed E-state index contributed by atoms with van der Waals surface area (Å²) in [5.74, 6) is 0. The van der Waals surface area contributed by atoms with Gasteiger partial charge >= 0.3 is 13.8 Å². The zero-order valence-corrected chi connectivity index (χ0v) is 10.9. The van der Waals surface area contributed by atoms with E-state index in [4.69, 9.17) is 9.05 Å². The van der Waals surface area contributed by atoms with E-state index in [0.717, 1.165) is 0 Å². The summed E-state index contributed by atoms with van der Waals surface area (Å²) in [6, 6.07) is 0. The summed E-state index contributed by atoms with van der Waals surface area (Å²) in [4.78, 5) is 0. The first-order chi connectivity index (χ1) is 7.83. The molecule has 0 unspecified atom stereocenters. The summed E-state index contributed by atoms with van der Waals surface area (Å²) < 4.78 is 57.3. The molecule has 0 bridgehead atoms. The van der Waals surface area contributed by atoms with Gasteiger partial charge in [0.1, 0.15) is 0 Å². The molecule has 0 aliphatic rings. The van der Waals surface area contributed by atoms with Crippen LogP contribution in [0.2, 0.25) is 0 Å². The summed E-state index contributed by atoms with van der Waals surface area (Å²) >= 11 is 0. The lowest BCUT2D eigenvalue weighted by molar-refractivity contribution is -0.133. The van der Waals surface area contributed by atoms with Crippen LogP contribution in [-0.4, -0.2) is 38.6 Å².